The van der Waals surface area contributed by atoms with Crippen molar-refractivity contribution in [2.45, 2.75) is 33.2 Å². The number of carbonyl (C=O) groups excluding carboxylic acids is 1. The number of nitrogens with zero attached hydrogens (tertiary/aromatic N) is 3. The Labute approximate surface area is 175 Å². The molecule has 0 saturated carbocycles. The second kappa shape index (κ2) is 7.24. The number of aromatic amines is 1. The Hall–Kier alpha value is -3.20. The van der Waals surface area contributed by atoms with Crippen LogP contribution in [0.4, 0.5) is 0 Å². The molecule has 0 aliphatic rings. The lowest BCUT2D eigenvalue weighted by Crippen LogP contribution is -2.38. The monoisotopic (exact) mass is 426 g/mol. The molecule has 0 spiro atoms. The first-order chi connectivity index (χ1) is 14.3. The Balaban J connectivity index is 2.07. The minimum absolute atomic E-state index is 0.178. The van der Waals surface area contributed by atoms with Gasteiger partial charge in [0.1, 0.15) is 10.5 Å². The van der Waals surface area contributed by atoms with Crippen molar-refractivity contribution in [3.63, 3.8) is 0 Å². The van der Waals surface area contributed by atoms with Gasteiger partial charge in [-0.15, -0.1) is 11.3 Å². The van der Waals surface area contributed by atoms with Crippen LogP contribution in [0.1, 0.15) is 46.4 Å². The fourth-order valence-electron chi connectivity index (χ4n) is 3.83. The molecule has 4 heterocycles. The van der Waals surface area contributed by atoms with Crippen molar-refractivity contribution < 1.29 is 9.53 Å². The Morgan fingerprint density at radius 2 is 2.07 bits per heavy atom. The lowest BCUT2D eigenvalue weighted by atomic mass is 10.0. The number of hydrogen-bond acceptors (Lipinski definition) is 6. The molecule has 9 heteroatoms. The molecule has 4 rings (SSSR count). The number of aromatic nitrogens is 4. The number of ether oxygens (including phenoxy) is 1. The number of thiophene rings is 1. The molecule has 4 aromatic heterocycles. The largest absolute Gasteiger partial charge is 0.465 e. The van der Waals surface area contributed by atoms with Crippen LogP contribution in [0.2, 0.25) is 0 Å². The van der Waals surface area contributed by atoms with E-state index in [-0.39, 0.29) is 17.0 Å². The highest BCUT2D eigenvalue weighted by atomic mass is 32.1. The van der Waals surface area contributed by atoms with Gasteiger partial charge in [0.05, 0.1) is 18.1 Å². The van der Waals surface area contributed by atoms with E-state index >= 15 is 0 Å². The van der Waals surface area contributed by atoms with Gasteiger partial charge in [0, 0.05) is 41.7 Å². The van der Waals surface area contributed by atoms with E-state index in [9.17, 15) is 14.4 Å². The van der Waals surface area contributed by atoms with Gasteiger partial charge in [-0.1, -0.05) is 0 Å². The average Bonchev–Trinajstić information content (AvgIpc) is 3.23. The van der Waals surface area contributed by atoms with Crippen molar-refractivity contribution in [2.75, 3.05) is 7.11 Å². The Bertz CT molecular complexity index is 1420. The Morgan fingerprint density at radius 3 is 2.73 bits per heavy atom. The van der Waals surface area contributed by atoms with Crippen LogP contribution in [0, 0.1) is 6.92 Å². The van der Waals surface area contributed by atoms with Crippen LogP contribution in [0.15, 0.2) is 27.9 Å². The molecule has 0 fully saturated rings. The fraction of sp³-hybridized carbons (Fsp3) is 0.333. The number of esters is 1. The second-order valence-corrected chi connectivity index (χ2v) is 8.57. The minimum atomic E-state index is -0.585. The molecule has 0 atom stereocenters. The molecular weight excluding hydrogens is 404 g/mol. The highest BCUT2D eigenvalue weighted by Gasteiger charge is 2.27. The van der Waals surface area contributed by atoms with E-state index in [1.54, 1.807) is 10.8 Å². The van der Waals surface area contributed by atoms with Crippen LogP contribution in [0.3, 0.4) is 0 Å². The van der Waals surface area contributed by atoms with Crippen molar-refractivity contribution in [3.05, 3.63) is 60.9 Å². The highest BCUT2D eigenvalue weighted by Crippen LogP contribution is 2.34. The molecule has 0 radical (unpaired) electrons. The topological polar surface area (TPSA) is 99.0 Å². The first-order valence-corrected chi connectivity index (χ1v) is 10.3. The summed E-state index contributed by atoms with van der Waals surface area (Å²) in [4.78, 5) is 47.3. The number of hydrogen-bond donors (Lipinski definition) is 1. The van der Waals surface area contributed by atoms with E-state index < -0.39 is 17.2 Å². The minimum Gasteiger partial charge on any atom is -0.465 e. The summed E-state index contributed by atoms with van der Waals surface area (Å²) in [6.45, 7) is 5.70. The predicted molar refractivity (Wildman–Crippen MR) is 117 cm³/mol. The van der Waals surface area contributed by atoms with Crippen molar-refractivity contribution in [1.82, 2.24) is 19.1 Å². The van der Waals surface area contributed by atoms with Gasteiger partial charge in [-0.25, -0.2) is 14.6 Å². The Morgan fingerprint density at radius 1 is 1.33 bits per heavy atom. The zero-order valence-electron chi connectivity index (χ0n) is 17.4. The third-order valence-corrected chi connectivity index (χ3v) is 6.52. The second-order valence-electron chi connectivity index (χ2n) is 7.49. The third-order valence-electron chi connectivity index (χ3n) is 5.33. The predicted octanol–water partition coefficient (Wildman–Crippen LogP) is 2.90. The maximum Gasteiger partial charge on any atom is 0.339 e. The summed E-state index contributed by atoms with van der Waals surface area (Å²) in [6.07, 6.45) is 2.13. The van der Waals surface area contributed by atoms with Crippen LogP contribution in [-0.2, 0) is 18.2 Å². The summed E-state index contributed by atoms with van der Waals surface area (Å²) in [5.41, 5.74) is 2.02. The number of carbonyl (C=O) groups is 1. The van der Waals surface area contributed by atoms with Gasteiger partial charge in [0.25, 0.3) is 5.56 Å². The summed E-state index contributed by atoms with van der Waals surface area (Å²) < 4.78 is 7.62. The number of rotatable bonds is 4. The first-order valence-electron chi connectivity index (χ1n) is 9.53. The smallest absolute Gasteiger partial charge is 0.339 e. The van der Waals surface area contributed by atoms with Crippen LogP contribution in [0.5, 0.6) is 0 Å². The third kappa shape index (κ3) is 2.88. The van der Waals surface area contributed by atoms with Crippen LogP contribution >= 0.6 is 11.3 Å². The standard InChI is InChI=1S/C21H22N4O4S/c1-10(2)25-19-16(18(26)24(4)21(25)28)15(20(27)29-5)14(30-19)9-13-11(3)23-17-12(13)7-6-8-22-17/h6-8,10H,9H2,1-5H3,(H,22,23). The molecule has 156 valence electrons. The SMILES string of the molecule is COC(=O)c1c(Cc2c(C)[nH]c3ncccc23)sc2c1c(=O)n(C)c(=O)n2C(C)C. The maximum atomic E-state index is 13.0. The number of methoxy groups -OCH3 is 1. The normalized spacial score (nSPS) is 11.7. The molecule has 0 saturated heterocycles. The summed E-state index contributed by atoms with van der Waals surface area (Å²) in [5.74, 6) is -0.585. The van der Waals surface area contributed by atoms with Crippen molar-refractivity contribution in [2.24, 2.45) is 7.05 Å². The van der Waals surface area contributed by atoms with Gasteiger partial charge in [-0.05, 0) is 38.5 Å². The molecule has 0 aliphatic heterocycles. The van der Waals surface area contributed by atoms with E-state index in [0.29, 0.717) is 16.1 Å². The molecule has 1 N–H and O–H groups in total. The molecule has 30 heavy (non-hydrogen) atoms. The van der Waals surface area contributed by atoms with Crippen molar-refractivity contribution >= 4 is 38.6 Å². The average molecular weight is 426 g/mol. The number of aryl methyl sites for hydroxylation is 1. The van der Waals surface area contributed by atoms with Gasteiger partial charge in [-0.2, -0.15) is 0 Å². The first kappa shape index (κ1) is 20.1. The van der Waals surface area contributed by atoms with Gasteiger partial charge < -0.3 is 9.72 Å². The van der Waals surface area contributed by atoms with E-state index in [2.05, 4.69) is 9.97 Å². The summed E-state index contributed by atoms with van der Waals surface area (Å²) >= 11 is 1.29. The summed E-state index contributed by atoms with van der Waals surface area (Å²) in [7, 11) is 2.72. The van der Waals surface area contributed by atoms with Crippen molar-refractivity contribution in [3.8, 4) is 0 Å². The number of H-pyrrole nitrogens is 1. The van der Waals surface area contributed by atoms with Crippen LogP contribution in [0.25, 0.3) is 21.3 Å². The highest BCUT2D eigenvalue weighted by molar-refractivity contribution is 7.19. The van der Waals surface area contributed by atoms with E-state index in [0.717, 1.165) is 26.9 Å². The molecule has 0 bridgehead atoms. The van der Waals surface area contributed by atoms with Crippen LogP contribution in [-0.4, -0.2) is 32.2 Å². The molecule has 0 unspecified atom stereocenters. The number of pyridine rings is 1. The summed E-state index contributed by atoms with van der Waals surface area (Å²) in [6, 6.07) is 3.65. The molecule has 0 aliphatic carbocycles. The number of nitrogens with one attached hydrogen (secondary N) is 1. The maximum absolute atomic E-state index is 13.0. The van der Waals surface area contributed by atoms with E-state index in [4.69, 9.17) is 4.74 Å². The Kier molecular flexibility index (Phi) is 4.85. The lowest BCUT2D eigenvalue weighted by Gasteiger charge is -2.12. The van der Waals surface area contributed by atoms with Gasteiger partial charge in [0.2, 0.25) is 0 Å². The zero-order chi connectivity index (χ0) is 21.7. The van der Waals surface area contributed by atoms with Crippen molar-refractivity contribution in [1.29, 1.82) is 0 Å². The number of fused-ring (bicyclic) bond motifs is 2. The molecule has 8 nitrogen and oxygen atoms in total. The molecule has 4 aromatic rings. The van der Waals surface area contributed by atoms with Crippen LogP contribution < -0.4 is 11.2 Å². The fourth-order valence-corrected chi connectivity index (χ4v) is 5.24. The van der Waals surface area contributed by atoms with E-state index in [1.807, 2.05) is 32.9 Å². The zero-order valence-corrected chi connectivity index (χ0v) is 18.2. The molecule has 0 amide bonds. The van der Waals surface area contributed by atoms with Gasteiger partial charge in [0.15, 0.2) is 0 Å². The van der Waals surface area contributed by atoms with Gasteiger partial charge in [-0.3, -0.25) is 13.9 Å². The quantitative estimate of drug-likeness (QED) is 0.506. The van der Waals surface area contributed by atoms with E-state index in [1.165, 1.54) is 25.5 Å². The van der Waals surface area contributed by atoms with Gasteiger partial charge >= 0.3 is 11.7 Å². The molecular formula is C21H22N4O4S. The lowest BCUT2D eigenvalue weighted by molar-refractivity contribution is 0.0602. The summed E-state index contributed by atoms with van der Waals surface area (Å²) in [5, 5.41) is 1.19. The molecule has 0 aromatic carbocycles.